The van der Waals surface area contributed by atoms with E-state index in [1.54, 1.807) is 22.8 Å². The van der Waals surface area contributed by atoms with E-state index in [9.17, 15) is 9.18 Å². The number of hydrogen-bond acceptors (Lipinski definition) is 7. The van der Waals surface area contributed by atoms with Crippen molar-refractivity contribution in [3.63, 3.8) is 0 Å². The first-order valence-corrected chi connectivity index (χ1v) is 11.0. The van der Waals surface area contributed by atoms with Gasteiger partial charge in [-0.3, -0.25) is 4.79 Å². The van der Waals surface area contributed by atoms with Crippen LogP contribution in [0, 0.1) is 11.7 Å². The van der Waals surface area contributed by atoms with Crippen LogP contribution in [0.4, 0.5) is 4.39 Å². The van der Waals surface area contributed by atoms with Crippen molar-refractivity contribution in [3.05, 3.63) is 58.3 Å². The summed E-state index contributed by atoms with van der Waals surface area (Å²) in [6.45, 7) is 5.81. The molecule has 0 spiro atoms. The average Bonchev–Trinajstić information content (AvgIpc) is 3.26. The topological polar surface area (TPSA) is 81.5 Å². The molecule has 1 saturated heterocycles. The van der Waals surface area contributed by atoms with Gasteiger partial charge < -0.3 is 24.3 Å². The Bertz CT molecular complexity index is 1170. The zero-order valence-electron chi connectivity index (χ0n) is 17.8. The van der Waals surface area contributed by atoms with Gasteiger partial charge in [-0.15, -0.1) is 5.10 Å². The van der Waals surface area contributed by atoms with Crippen LogP contribution >= 0.6 is 0 Å². The summed E-state index contributed by atoms with van der Waals surface area (Å²) in [4.78, 5) is 14.7. The number of nitrogens with zero attached hydrogens (tertiary/aromatic N) is 4. The van der Waals surface area contributed by atoms with E-state index in [2.05, 4.69) is 20.4 Å². The van der Waals surface area contributed by atoms with Crippen molar-refractivity contribution < 1.29 is 13.9 Å². The van der Waals surface area contributed by atoms with E-state index in [-0.39, 0.29) is 11.4 Å². The van der Waals surface area contributed by atoms with Gasteiger partial charge in [0.2, 0.25) is 0 Å². The molecule has 2 aliphatic heterocycles. The molecule has 32 heavy (non-hydrogen) atoms. The third kappa shape index (κ3) is 4.58. The molecule has 1 atom stereocenters. The molecular formula is C23H26FN5O3. The molecule has 5 rings (SSSR count). The van der Waals surface area contributed by atoms with E-state index in [1.807, 2.05) is 6.07 Å². The van der Waals surface area contributed by atoms with Crippen LogP contribution in [-0.2, 0) is 13.1 Å². The Hall–Kier alpha value is -3.04. The third-order valence-corrected chi connectivity index (χ3v) is 6.06. The van der Waals surface area contributed by atoms with Crippen molar-refractivity contribution in [2.24, 2.45) is 5.92 Å². The highest BCUT2D eigenvalue weighted by Crippen LogP contribution is 2.26. The predicted molar refractivity (Wildman–Crippen MR) is 117 cm³/mol. The maximum absolute atomic E-state index is 13.7. The quantitative estimate of drug-likeness (QED) is 0.601. The minimum Gasteiger partial charge on any atom is -0.484 e. The maximum Gasteiger partial charge on any atom is 0.276 e. The van der Waals surface area contributed by atoms with E-state index in [0.29, 0.717) is 49.4 Å². The lowest BCUT2D eigenvalue weighted by atomic mass is 10.1. The Morgan fingerprint density at radius 2 is 1.97 bits per heavy atom. The smallest absolute Gasteiger partial charge is 0.276 e. The number of fused-ring (bicyclic) bond motifs is 2. The minimum absolute atomic E-state index is 0.0962. The van der Waals surface area contributed by atoms with Crippen LogP contribution in [0.15, 0.2) is 41.2 Å². The van der Waals surface area contributed by atoms with Crippen LogP contribution in [-0.4, -0.2) is 59.1 Å². The molecule has 2 aromatic heterocycles. The number of nitrogens with one attached hydrogen (secondary N) is 1. The molecule has 0 unspecified atom stereocenters. The first-order valence-electron chi connectivity index (χ1n) is 11.0. The Balaban J connectivity index is 1.12. The van der Waals surface area contributed by atoms with E-state index in [4.69, 9.17) is 9.47 Å². The van der Waals surface area contributed by atoms with Crippen LogP contribution < -0.4 is 20.3 Å². The first-order chi connectivity index (χ1) is 15.7. The molecule has 0 aliphatic carbocycles. The van der Waals surface area contributed by atoms with Crippen LogP contribution in [0.1, 0.15) is 12.1 Å². The molecule has 1 aromatic carbocycles. The molecule has 0 bridgehead atoms. The standard InChI is InChI=1S/C23H26FN5O3/c24-18-3-1-17-2-4-22(30)29(20(17)11-18)8-7-28-6-5-16(15-28)13-25-14-19-12-21-23(27-26-19)32-10-9-31-21/h1-4,11-12,16,25H,5-10,13-15H2/t16-/m0/s1. The van der Waals surface area contributed by atoms with Gasteiger partial charge in [-0.2, -0.15) is 5.10 Å². The molecule has 0 saturated carbocycles. The minimum atomic E-state index is -0.327. The number of hydrogen-bond donors (Lipinski definition) is 1. The summed E-state index contributed by atoms with van der Waals surface area (Å²) in [6, 6.07) is 9.75. The summed E-state index contributed by atoms with van der Waals surface area (Å²) in [5.41, 5.74) is 1.38. The molecule has 9 heteroatoms. The van der Waals surface area contributed by atoms with Gasteiger partial charge in [0.1, 0.15) is 19.0 Å². The summed E-state index contributed by atoms with van der Waals surface area (Å²) in [6.07, 6.45) is 1.10. The highest BCUT2D eigenvalue weighted by molar-refractivity contribution is 5.78. The van der Waals surface area contributed by atoms with Crippen molar-refractivity contribution in [1.29, 1.82) is 0 Å². The van der Waals surface area contributed by atoms with Gasteiger partial charge in [0.05, 0.1) is 11.2 Å². The van der Waals surface area contributed by atoms with Crippen molar-refractivity contribution in [1.82, 2.24) is 25.0 Å². The molecule has 2 aliphatic rings. The fourth-order valence-corrected chi connectivity index (χ4v) is 4.40. The third-order valence-electron chi connectivity index (χ3n) is 6.06. The second-order valence-corrected chi connectivity index (χ2v) is 8.31. The highest BCUT2D eigenvalue weighted by Gasteiger charge is 2.22. The zero-order valence-corrected chi connectivity index (χ0v) is 17.8. The van der Waals surface area contributed by atoms with E-state index in [0.717, 1.165) is 43.7 Å². The Labute approximate surface area is 185 Å². The summed E-state index contributed by atoms with van der Waals surface area (Å²) in [7, 11) is 0. The molecular weight excluding hydrogens is 413 g/mol. The van der Waals surface area contributed by atoms with Gasteiger partial charge in [0, 0.05) is 38.3 Å². The Morgan fingerprint density at radius 3 is 2.91 bits per heavy atom. The SMILES string of the molecule is O=c1ccc2ccc(F)cc2n1CCN1CC[C@@H](CNCc2cc3c(nn2)OCCO3)C1. The Kier molecular flexibility index (Phi) is 6.00. The summed E-state index contributed by atoms with van der Waals surface area (Å²) >= 11 is 0. The van der Waals surface area contributed by atoms with Gasteiger partial charge in [0.15, 0.2) is 5.75 Å². The zero-order chi connectivity index (χ0) is 21.9. The van der Waals surface area contributed by atoms with Crippen molar-refractivity contribution in [2.75, 3.05) is 39.4 Å². The number of ether oxygens (including phenoxy) is 2. The fourth-order valence-electron chi connectivity index (χ4n) is 4.40. The highest BCUT2D eigenvalue weighted by atomic mass is 19.1. The number of benzene rings is 1. The van der Waals surface area contributed by atoms with Crippen molar-refractivity contribution in [2.45, 2.75) is 19.5 Å². The van der Waals surface area contributed by atoms with Gasteiger partial charge in [-0.25, -0.2) is 4.39 Å². The molecule has 3 aromatic rings. The van der Waals surface area contributed by atoms with E-state index < -0.39 is 0 Å². The van der Waals surface area contributed by atoms with Gasteiger partial charge in [-0.1, -0.05) is 0 Å². The van der Waals surface area contributed by atoms with Crippen molar-refractivity contribution in [3.8, 4) is 11.6 Å². The van der Waals surface area contributed by atoms with Gasteiger partial charge in [-0.05, 0) is 55.1 Å². The molecule has 0 radical (unpaired) electrons. The molecule has 0 amide bonds. The van der Waals surface area contributed by atoms with Crippen LogP contribution in [0.5, 0.6) is 11.6 Å². The monoisotopic (exact) mass is 439 g/mol. The van der Waals surface area contributed by atoms with E-state index in [1.165, 1.54) is 12.1 Å². The summed E-state index contributed by atoms with van der Waals surface area (Å²) in [5.74, 6) is 1.31. The summed E-state index contributed by atoms with van der Waals surface area (Å²) < 4.78 is 26.3. The molecule has 4 heterocycles. The number of likely N-dealkylation sites (tertiary alicyclic amines) is 1. The lowest BCUT2D eigenvalue weighted by Crippen LogP contribution is -2.31. The lowest BCUT2D eigenvalue weighted by Gasteiger charge is -2.18. The number of aromatic nitrogens is 3. The van der Waals surface area contributed by atoms with Gasteiger partial charge >= 0.3 is 0 Å². The maximum atomic E-state index is 13.7. The van der Waals surface area contributed by atoms with Crippen molar-refractivity contribution >= 4 is 10.9 Å². The first kappa shape index (κ1) is 20.8. The van der Waals surface area contributed by atoms with Crippen LogP contribution in [0.3, 0.4) is 0 Å². The second kappa shape index (κ2) is 9.22. The van der Waals surface area contributed by atoms with Crippen LogP contribution in [0.2, 0.25) is 0 Å². The summed E-state index contributed by atoms with van der Waals surface area (Å²) in [5, 5.41) is 12.6. The molecule has 1 N–H and O–H groups in total. The predicted octanol–water partition coefficient (Wildman–Crippen LogP) is 1.81. The van der Waals surface area contributed by atoms with E-state index >= 15 is 0 Å². The normalized spacial score (nSPS) is 18.3. The molecule has 168 valence electrons. The molecule has 1 fully saturated rings. The largest absolute Gasteiger partial charge is 0.484 e. The number of rotatable bonds is 7. The van der Waals surface area contributed by atoms with Gasteiger partial charge in [0.25, 0.3) is 11.4 Å². The molecule has 8 nitrogen and oxygen atoms in total. The number of halogens is 1. The average molecular weight is 439 g/mol. The second-order valence-electron chi connectivity index (χ2n) is 8.31. The fraction of sp³-hybridized carbons (Fsp3) is 0.435. The van der Waals surface area contributed by atoms with Crippen LogP contribution in [0.25, 0.3) is 10.9 Å². The Morgan fingerprint density at radius 1 is 1.09 bits per heavy atom. The lowest BCUT2D eigenvalue weighted by molar-refractivity contribution is 0.161. The number of pyridine rings is 1.